The van der Waals surface area contributed by atoms with Crippen LogP contribution in [0, 0.1) is 6.92 Å². The molecule has 4 aliphatic rings. The number of fused-ring (bicyclic) bond motifs is 8. The number of anilines is 5. The molecule has 40 heteroatoms. The van der Waals surface area contributed by atoms with Gasteiger partial charge >= 0.3 is 22.5 Å². The minimum absolute atomic E-state index is 0. The van der Waals surface area contributed by atoms with E-state index >= 15 is 0 Å². The van der Waals surface area contributed by atoms with Gasteiger partial charge in [-0.05, 0) is 207 Å². The first-order valence-electron chi connectivity index (χ1n) is 49.9. The minimum atomic E-state index is -1.44. The first-order chi connectivity index (χ1) is 71.9. The molecule has 0 radical (unpaired) electrons. The number of hydrogen-bond acceptors (Lipinski definition) is 28. The van der Waals surface area contributed by atoms with E-state index in [1.807, 2.05) is 182 Å². The third kappa shape index (κ3) is 32.7. The van der Waals surface area contributed by atoms with Gasteiger partial charge in [0.05, 0.1) is 211 Å². The summed E-state index contributed by atoms with van der Waals surface area (Å²) in [6, 6.07) is 54.2. The molecule has 4 fully saturated rings. The van der Waals surface area contributed by atoms with E-state index in [1.165, 1.54) is 5.56 Å². The molecule has 807 valence electrons. The predicted molar refractivity (Wildman–Crippen MR) is 599 cm³/mol. The molecule has 8 aromatic heterocycles. The number of para-hydroxylation sites is 4. The molecule has 0 spiro atoms. The molecule has 17 aromatic rings. The number of morpholine rings is 4. The summed E-state index contributed by atoms with van der Waals surface area (Å²) in [5.41, 5.74) is 32.8. The van der Waals surface area contributed by atoms with Crippen molar-refractivity contribution >= 4 is 159 Å². The topological polar surface area (TPSA) is 410 Å². The van der Waals surface area contributed by atoms with Gasteiger partial charge in [-0.25, -0.2) is 39.9 Å². The van der Waals surface area contributed by atoms with Crippen LogP contribution in [-0.4, -0.2) is 293 Å². The third-order valence-corrected chi connectivity index (χ3v) is 26.5. The molecule has 9 aromatic carbocycles. The zero-order chi connectivity index (χ0) is 103. The van der Waals surface area contributed by atoms with E-state index in [-0.39, 0.29) is 54.0 Å². The number of halogens is 3. The Morgan fingerprint density at radius 1 is 0.400 bits per heavy atom. The molecule has 0 atom stereocenters. The molecular formula is C110H148Cl3MnN25O11. The second kappa shape index (κ2) is 61.4. The van der Waals surface area contributed by atoms with Crippen LogP contribution >= 0.6 is 34.8 Å². The number of aryl methyl sites for hydroxylation is 6. The van der Waals surface area contributed by atoms with Crippen molar-refractivity contribution in [3.8, 4) is 0 Å². The number of rotatable bonds is 34. The van der Waals surface area contributed by atoms with Crippen molar-refractivity contribution in [3.63, 3.8) is 0 Å². The zero-order valence-electron chi connectivity index (χ0n) is 84.3. The van der Waals surface area contributed by atoms with Crippen LogP contribution in [0.5, 0.6) is 0 Å². The van der Waals surface area contributed by atoms with Gasteiger partial charge in [0.2, 0.25) is 23.8 Å². The van der Waals surface area contributed by atoms with Gasteiger partial charge in [-0.1, -0.05) is 101 Å². The van der Waals surface area contributed by atoms with Crippen LogP contribution in [0.15, 0.2) is 189 Å². The monoisotopic (exact) mass is 2160 g/mol. The number of alkyl halides is 3. The summed E-state index contributed by atoms with van der Waals surface area (Å²) in [5, 5.41) is 51.1. The third-order valence-electron chi connectivity index (χ3n) is 26.2. The van der Waals surface area contributed by atoms with Crippen molar-refractivity contribution in [1.82, 2.24) is 96.4 Å². The fourth-order valence-corrected chi connectivity index (χ4v) is 18.5. The van der Waals surface area contributed by atoms with Crippen LogP contribution in [0.1, 0.15) is 115 Å². The summed E-state index contributed by atoms with van der Waals surface area (Å²) in [5.74, 6) is 3.84. The van der Waals surface area contributed by atoms with Crippen molar-refractivity contribution in [2.24, 2.45) is 28.2 Å². The van der Waals surface area contributed by atoms with Crippen LogP contribution in [0.3, 0.4) is 0 Å². The summed E-state index contributed by atoms with van der Waals surface area (Å²) in [4.78, 5) is 61.6. The number of carbonyl (C=O) groups is 1. The number of nitrogens with one attached hydrogen (secondary N) is 5. The SMILES string of the molecule is C.C.C.Cc1ccc(CCCO)c(N)c1.ClCCl.Cn1cnc2c(CCl)cccc21.Cn1cnc2c(Cn3c(NCCCN4CCOCC4)nc4cc(CO)ccc43)cccc21.Cn1cnc2c(Cn3c(NCCCN4CCOCC4)nc4ccc(C=O)cc43)cccc21.Cn1cnc2c(Cn3c(NCCCN4CCOCC4)nc4ccc(CO)cc43)cccc21.OCc1ccc2nc(NCCCN3CCOCC3)[nH]c2c1.[O]=[Mn]=[O]. The number of nitrogen functional groups attached to an aromatic ring is 1. The molecule has 21 rings (SSSR count). The van der Waals surface area contributed by atoms with E-state index in [9.17, 15) is 15.0 Å². The number of aromatic nitrogens is 16. The Hall–Kier alpha value is -12.1. The van der Waals surface area contributed by atoms with Crippen molar-refractivity contribution in [3.05, 3.63) is 245 Å². The number of nitrogens with two attached hydrogens (primary N) is 1. The number of aldehydes is 1. The number of H-pyrrole nitrogens is 1. The number of benzene rings is 9. The summed E-state index contributed by atoms with van der Waals surface area (Å²) < 4.78 is 53.1. The number of aliphatic hydroxyl groups is 4. The van der Waals surface area contributed by atoms with Crippen molar-refractivity contribution in [1.29, 1.82) is 0 Å². The fourth-order valence-electron chi connectivity index (χ4n) is 18.3. The molecule has 0 bridgehead atoms. The number of aliphatic hydroxyl groups excluding tert-OH is 4. The zero-order valence-corrected chi connectivity index (χ0v) is 87.7. The standard InChI is InChI=1S/2C24H30N6O2.C24H28N6O2.C15H22N4O2.C10H15NO.C9H9ClN2.CH2Cl2.3CH4.Mn.2O/c1-28-17-26-23-19(4-2-5-22(23)28)15-30-21-7-6-18(16-31)14-20(21)27-24(30)25-8-3-9-29-10-12-32-13-11-29;2*1-28-17-26-23-19(4-2-5-21(23)28)15-30-22-14-18(16-31)6-7-20(22)27-24(30)25-8-3-9-29-10-12-32-13-11-29;20-11-12-2-3-13-14(10-12)18-15(17-13)16-4-1-5-19-6-8-21-9-7-19;1-8-4-5-9(3-2-6-12)10(11)7-8;1-12-6-11-9-7(5-10)3-2-4-8(9)12;2-1-3;;;;;;/h2*2,4-7,14,17,31H,3,8-13,15-16H2,1H3,(H,25,27);2,4-7,14,16-17H,3,8-13,15H2,1H3,(H,25,27);2-3,10,20H,1,4-9,11H2,(H2,16,17,18);4-5,7,12H,2-3,6,11H2,1H3;2-4,6H,5H2,1H3;1H2;3*1H4;;;. The van der Waals surface area contributed by atoms with Gasteiger partial charge in [0, 0.05) is 130 Å². The number of hydrogen-bond donors (Lipinski definition) is 10. The number of imidazole rings is 8. The van der Waals surface area contributed by atoms with E-state index in [0.29, 0.717) is 31.1 Å². The van der Waals surface area contributed by atoms with Gasteiger partial charge < -0.3 is 103 Å². The quantitative estimate of drug-likeness (QED) is 0.00589. The Labute approximate surface area is 898 Å². The molecule has 12 heterocycles. The van der Waals surface area contributed by atoms with Crippen LogP contribution < -0.4 is 27.0 Å². The van der Waals surface area contributed by atoms with Gasteiger partial charge in [0.1, 0.15) is 6.29 Å². The first kappa shape index (κ1) is 118. The van der Waals surface area contributed by atoms with E-state index in [1.54, 1.807) is 6.33 Å². The van der Waals surface area contributed by atoms with E-state index in [0.717, 1.165) is 365 Å². The molecule has 0 amide bonds. The molecule has 11 N–H and O–H groups in total. The number of aromatic amines is 1. The Balaban J connectivity index is 0.000000174. The van der Waals surface area contributed by atoms with E-state index in [4.69, 9.17) is 92.3 Å². The molecule has 0 unspecified atom stereocenters. The van der Waals surface area contributed by atoms with Crippen molar-refractivity contribution in [2.45, 2.75) is 113 Å². The van der Waals surface area contributed by atoms with Gasteiger partial charge in [0.25, 0.3) is 0 Å². The van der Waals surface area contributed by atoms with Gasteiger partial charge in [0.15, 0.2) is 0 Å². The molecule has 4 saturated heterocycles. The molecular weight excluding hydrogens is 2010 g/mol. The number of nitrogens with zero attached hydrogens (tertiary/aromatic N) is 19. The van der Waals surface area contributed by atoms with Gasteiger partial charge in [-0.3, -0.25) is 24.4 Å². The Bertz CT molecular complexity index is 7030. The van der Waals surface area contributed by atoms with Crippen LogP contribution in [0.25, 0.3) is 88.3 Å². The fraction of sp³-hybridized carbons (Fsp3) is 0.427. The molecule has 36 nitrogen and oxygen atoms in total. The summed E-state index contributed by atoms with van der Waals surface area (Å²) >= 11 is 13.9. The Kier molecular flexibility index (Phi) is 48.4. The molecule has 4 aliphatic heterocycles. The van der Waals surface area contributed by atoms with Gasteiger partial charge in [-0.2, -0.15) is 0 Å². The van der Waals surface area contributed by atoms with Crippen LogP contribution in [0.2, 0.25) is 0 Å². The second-order valence-corrected chi connectivity index (χ2v) is 37.6. The summed E-state index contributed by atoms with van der Waals surface area (Å²) in [7, 11) is 8.02. The maximum atomic E-state index is 11.4. The van der Waals surface area contributed by atoms with Gasteiger partial charge in [-0.15, -0.1) is 34.8 Å². The van der Waals surface area contributed by atoms with Crippen molar-refractivity contribution < 1.29 is 66.7 Å². The molecule has 150 heavy (non-hydrogen) atoms. The number of ether oxygens (including phenoxy) is 4. The van der Waals surface area contributed by atoms with Crippen molar-refractivity contribution in [2.75, 3.05) is 197 Å². The average molecular weight is 2160 g/mol. The Morgan fingerprint density at radius 2 is 0.760 bits per heavy atom. The normalized spacial score (nSPS) is 13.8. The molecule has 0 saturated carbocycles. The first-order valence-corrected chi connectivity index (χ1v) is 52.5. The van der Waals surface area contributed by atoms with Crippen LogP contribution in [0.4, 0.5) is 29.5 Å². The van der Waals surface area contributed by atoms with E-state index in [2.05, 4.69) is 139 Å². The van der Waals surface area contributed by atoms with Crippen LogP contribution in [-0.2, 0) is 121 Å². The average Bonchev–Trinajstić information content (AvgIpc) is 1.65. The second-order valence-electron chi connectivity index (χ2n) is 36.3. The summed E-state index contributed by atoms with van der Waals surface area (Å²) in [6.07, 6.45) is 14.1. The Morgan fingerprint density at radius 3 is 1.16 bits per heavy atom. The van der Waals surface area contributed by atoms with E-state index < -0.39 is 14.8 Å². The number of carbonyl (C=O) groups excluding carboxylic acids is 1. The maximum absolute atomic E-state index is 11.4. The predicted octanol–water partition coefficient (Wildman–Crippen LogP) is 16.2. The molecule has 0 aliphatic carbocycles. The summed E-state index contributed by atoms with van der Waals surface area (Å²) in [6.45, 7) is 26.7.